The molecule has 0 unspecified atom stereocenters. The highest BCUT2D eigenvalue weighted by Crippen LogP contribution is 2.37. The normalized spacial score (nSPS) is 26.0. The van der Waals surface area contributed by atoms with Crippen molar-refractivity contribution >= 4 is 17.4 Å². The van der Waals surface area contributed by atoms with Gasteiger partial charge in [0.25, 0.3) is 0 Å². The largest absolute Gasteiger partial charge is 0.353 e. The molecule has 2 fully saturated rings. The predicted molar refractivity (Wildman–Crippen MR) is 90.2 cm³/mol. The van der Waals surface area contributed by atoms with Crippen LogP contribution in [-0.4, -0.2) is 17.6 Å². The lowest BCUT2D eigenvalue weighted by molar-refractivity contribution is 0.242. The Morgan fingerprint density at radius 2 is 1.95 bits per heavy atom. The number of piperidine rings is 1. The van der Waals surface area contributed by atoms with Crippen molar-refractivity contribution in [2.45, 2.75) is 70.2 Å². The van der Waals surface area contributed by atoms with Crippen LogP contribution in [0.5, 0.6) is 0 Å². The summed E-state index contributed by atoms with van der Waals surface area (Å²) < 4.78 is 0. The first kappa shape index (κ1) is 15.1. The number of pyridine rings is 1. The van der Waals surface area contributed by atoms with Crippen molar-refractivity contribution in [3.05, 3.63) is 23.4 Å². The van der Waals surface area contributed by atoms with Crippen LogP contribution in [0.3, 0.4) is 0 Å². The molecule has 21 heavy (non-hydrogen) atoms. The third-order valence-electron chi connectivity index (χ3n) is 5.17. The lowest BCUT2D eigenvalue weighted by atomic mass is 9.78. The van der Waals surface area contributed by atoms with E-state index in [1.807, 2.05) is 0 Å². The summed E-state index contributed by atoms with van der Waals surface area (Å²) >= 11 is 6.11. The summed E-state index contributed by atoms with van der Waals surface area (Å²) in [7, 11) is 0. The van der Waals surface area contributed by atoms with Crippen molar-refractivity contribution in [2.24, 2.45) is 5.92 Å². The molecule has 1 aromatic rings. The van der Waals surface area contributed by atoms with Gasteiger partial charge >= 0.3 is 0 Å². The number of nitrogens with zero attached hydrogens (tertiary/aromatic N) is 2. The zero-order valence-electron chi connectivity index (χ0n) is 13.3. The van der Waals surface area contributed by atoms with Crippen LogP contribution in [0.15, 0.2) is 12.1 Å². The molecule has 0 radical (unpaired) electrons. The van der Waals surface area contributed by atoms with E-state index in [2.05, 4.69) is 30.9 Å². The van der Waals surface area contributed by atoms with Gasteiger partial charge in [-0.25, -0.2) is 4.98 Å². The van der Waals surface area contributed by atoms with Gasteiger partial charge in [-0.15, -0.1) is 11.6 Å². The molecular weight excluding hydrogens is 280 g/mol. The molecule has 2 aliphatic rings. The molecule has 1 saturated heterocycles. The topological polar surface area (TPSA) is 16.1 Å². The van der Waals surface area contributed by atoms with Crippen LogP contribution in [0.2, 0.25) is 0 Å². The minimum atomic E-state index is 0.457. The molecule has 116 valence electrons. The minimum Gasteiger partial charge on any atom is -0.353 e. The third-order valence-corrected chi connectivity index (χ3v) is 5.48. The average molecular weight is 307 g/mol. The Hall–Kier alpha value is -0.760. The van der Waals surface area contributed by atoms with E-state index in [-0.39, 0.29) is 0 Å². The first-order valence-corrected chi connectivity index (χ1v) is 9.06. The second-order valence-electron chi connectivity index (χ2n) is 6.99. The van der Waals surface area contributed by atoms with Crippen molar-refractivity contribution in [3.63, 3.8) is 0 Å². The second kappa shape index (κ2) is 6.56. The second-order valence-corrected chi connectivity index (χ2v) is 7.26. The molecule has 0 amide bonds. The SMILES string of the molecule is CC(C)c1cc(CCl)cc(N2CCC[C@H]3CCCC[C@H]32)n1. The van der Waals surface area contributed by atoms with E-state index >= 15 is 0 Å². The summed E-state index contributed by atoms with van der Waals surface area (Å²) in [5.74, 6) is 3.10. The quantitative estimate of drug-likeness (QED) is 0.722. The molecule has 2 heterocycles. The van der Waals surface area contributed by atoms with Gasteiger partial charge < -0.3 is 4.90 Å². The van der Waals surface area contributed by atoms with E-state index < -0.39 is 0 Å². The summed E-state index contributed by atoms with van der Waals surface area (Å²) in [5.41, 5.74) is 2.39. The van der Waals surface area contributed by atoms with Crippen LogP contribution in [-0.2, 0) is 5.88 Å². The Morgan fingerprint density at radius 3 is 2.71 bits per heavy atom. The van der Waals surface area contributed by atoms with E-state index in [0.717, 1.165) is 12.5 Å². The van der Waals surface area contributed by atoms with Gasteiger partial charge in [-0.05, 0) is 55.2 Å². The van der Waals surface area contributed by atoms with E-state index in [0.29, 0.717) is 17.8 Å². The minimum absolute atomic E-state index is 0.457. The first-order chi connectivity index (χ1) is 10.2. The molecule has 0 bridgehead atoms. The summed E-state index contributed by atoms with van der Waals surface area (Å²) in [4.78, 5) is 7.56. The highest BCUT2D eigenvalue weighted by molar-refractivity contribution is 6.17. The maximum Gasteiger partial charge on any atom is 0.129 e. The van der Waals surface area contributed by atoms with Crippen molar-refractivity contribution in [1.82, 2.24) is 4.98 Å². The fourth-order valence-electron chi connectivity index (χ4n) is 4.02. The Morgan fingerprint density at radius 1 is 1.19 bits per heavy atom. The van der Waals surface area contributed by atoms with Crippen LogP contribution in [0.25, 0.3) is 0 Å². The van der Waals surface area contributed by atoms with Gasteiger partial charge in [-0.1, -0.05) is 26.7 Å². The van der Waals surface area contributed by atoms with Gasteiger partial charge in [-0.3, -0.25) is 0 Å². The Bertz CT molecular complexity index is 484. The Kier molecular flexibility index (Phi) is 4.73. The molecule has 1 saturated carbocycles. The number of rotatable bonds is 3. The molecule has 2 atom stereocenters. The van der Waals surface area contributed by atoms with E-state index in [1.165, 1.54) is 55.6 Å². The van der Waals surface area contributed by atoms with Crippen molar-refractivity contribution < 1.29 is 0 Å². The molecule has 1 aliphatic heterocycles. The molecule has 2 nitrogen and oxygen atoms in total. The van der Waals surface area contributed by atoms with Crippen LogP contribution in [0.4, 0.5) is 5.82 Å². The fraction of sp³-hybridized carbons (Fsp3) is 0.722. The number of anilines is 1. The third kappa shape index (κ3) is 3.21. The van der Waals surface area contributed by atoms with Gasteiger partial charge in [0, 0.05) is 24.2 Å². The highest BCUT2D eigenvalue weighted by atomic mass is 35.5. The van der Waals surface area contributed by atoms with Gasteiger partial charge in [0.2, 0.25) is 0 Å². The first-order valence-electron chi connectivity index (χ1n) is 8.52. The predicted octanol–water partition coefficient (Wildman–Crippen LogP) is 5.10. The van der Waals surface area contributed by atoms with Crippen LogP contribution < -0.4 is 4.90 Å². The van der Waals surface area contributed by atoms with Crippen LogP contribution in [0.1, 0.15) is 69.5 Å². The number of hydrogen-bond acceptors (Lipinski definition) is 2. The standard InChI is InChI=1S/C18H27ClN2/c1-13(2)16-10-14(12-19)11-18(20-16)21-9-5-7-15-6-3-4-8-17(15)21/h10-11,13,15,17H,3-9,12H2,1-2H3/t15-,17-/m1/s1. The maximum atomic E-state index is 6.11. The van der Waals surface area contributed by atoms with Crippen molar-refractivity contribution in [3.8, 4) is 0 Å². The molecule has 3 heteroatoms. The number of fused-ring (bicyclic) bond motifs is 1. The zero-order valence-corrected chi connectivity index (χ0v) is 14.1. The van der Waals surface area contributed by atoms with Gasteiger partial charge in [0.1, 0.15) is 5.82 Å². The Balaban J connectivity index is 1.92. The van der Waals surface area contributed by atoms with Crippen LogP contribution >= 0.6 is 11.6 Å². The average Bonchev–Trinajstić information content (AvgIpc) is 2.53. The molecule has 3 rings (SSSR count). The lowest BCUT2D eigenvalue weighted by Gasteiger charge is -2.45. The van der Waals surface area contributed by atoms with Crippen LogP contribution in [0, 0.1) is 5.92 Å². The molecular formula is C18H27ClN2. The van der Waals surface area contributed by atoms with Crippen molar-refractivity contribution in [1.29, 1.82) is 0 Å². The number of aromatic nitrogens is 1. The summed E-state index contributed by atoms with van der Waals surface area (Å²) in [6, 6.07) is 5.10. The summed E-state index contributed by atoms with van der Waals surface area (Å²) in [5, 5.41) is 0. The number of hydrogen-bond donors (Lipinski definition) is 0. The van der Waals surface area contributed by atoms with E-state index in [1.54, 1.807) is 0 Å². The fourth-order valence-corrected chi connectivity index (χ4v) is 4.18. The highest BCUT2D eigenvalue weighted by Gasteiger charge is 2.34. The van der Waals surface area contributed by atoms with Gasteiger partial charge in [-0.2, -0.15) is 0 Å². The van der Waals surface area contributed by atoms with Gasteiger partial charge in [0.05, 0.1) is 0 Å². The smallest absolute Gasteiger partial charge is 0.129 e. The molecule has 0 spiro atoms. The van der Waals surface area contributed by atoms with E-state index in [9.17, 15) is 0 Å². The van der Waals surface area contributed by atoms with Gasteiger partial charge in [0.15, 0.2) is 0 Å². The molecule has 0 aromatic carbocycles. The molecule has 1 aromatic heterocycles. The number of alkyl halides is 1. The Labute approximate surface area is 133 Å². The summed E-state index contributed by atoms with van der Waals surface area (Å²) in [6.07, 6.45) is 8.27. The maximum absolute atomic E-state index is 6.11. The number of halogens is 1. The monoisotopic (exact) mass is 306 g/mol. The molecule has 0 N–H and O–H groups in total. The zero-order chi connectivity index (χ0) is 14.8. The van der Waals surface area contributed by atoms with Crippen molar-refractivity contribution in [2.75, 3.05) is 11.4 Å². The summed E-state index contributed by atoms with van der Waals surface area (Å²) in [6.45, 7) is 5.59. The van der Waals surface area contributed by atoms with E-state index in [4.69, 9.17) is 16.6 Å². The lowest BCUT2D eigenvalue weighted by Crippen LogP contribution is -2.47. The molecule has 1 aliphatic carbocycles.